The molecule has 2 rings (SSSR count). The number of carboxylic acids is 1. The predicted molar refractivity (Wildman–Crippen MR) is 82.6 cm³/mol. The summed E-state index contributed by atoms with van der Waals surface area (Å²) >= 11 is 18.1. The topological polar surface area (TPSA) is 59.4 Å². The first-order valence-corrected chi connectivity index (χ1v) is 6.96. The van der Waals surface area contributed by atoms with Crippen molar-refractivity contribution in [1.82, 2.24) is 4.98 Å². The smallest absolute Gasteiger partial charge is 0.308 e. The minimum atomic E-state index is -0.979. The van der Waals surface area contributed by atoms with E-state index in [0.29, 0.717) is 21.7 Å². The van der Waals surface area contributed by atoms with E-state index >= 15 is 0 Å². The van der Waals surface area contributed by atoms with E-state index in [1.54, 1.807) is 18.2 Å². The highest BCUT2D eigenvalue weighted by Crippen LogP contribution is 2.38. The first-order chi connectivity index (χ1) is 9.93. The molecule has 0 saturated heterocycles. The van der Waals surface area contributed by atoms with Crippen molar-refractivity contribution in [3.8, 4) is 17.0 Å². The number of ether oxygens (including phenoxy) is 1. The van der Waals surface area contributed by atoms with Gasteiger partial charge in [0.05, 0.1) is 28.6 Å². The molecule has 0 amide bonds. The summed E-state index contributed by atoms with van der Waals surface area (Å²) in [6.45, 7) is 0. The first kappa shape index (κ1) is 15.9. The molecule has 0 aliphatic heterocycles. The maximum Gasteiger partial charge on any atom is 0.308 e. The molecule has 0 fully saturated rings. The predicted octanol–water partition coefficient (Wildman–Crippen LogP) is 4.34. The number of carboxylic acid groups (broad SMARTS) is 1. The Bertz CT molecular complexity index is 704. The third kappa shape index (κ3) is 3.40. The summed E-state index contributed by atoms with van der Waals surface area (Å²) < 4.78 is 5.06. The van der Waals surface area contributed by atoms with Crippen molar-refractivity contribution in [2.45, 2.75) is 6.42 Å². The van der Waals surface area contributed by atoms with Crippen LogP contribution in [0.2, 0.25) is 15.1 Å². The summed E-state index contributed by atoms with van der Waals surface area (Å²) in [4.78, 5) is 15.0. The number of rotatable bonds is 4. The zero-order chi connectivity index (χ0) is 15.6. The van der Waals surface area contributed by atoms with Crippen molar-refractivity contribution >= 4 is 40.8 Å². The molecule has 4 nitrogen and oxygen atoms in total. The number of nitrogens with zero attached hydrogens (tertiary/aromatic N) is 1. The number of hydrogen-bond donors (Lipinski definition) is 1. The number of hydrogen-bond acceptors (Lipinski definition) is 3. The highest BCUT2D eigenvalue weighted by atomic mass is 35.5. The van der Waals surface area contributed by atoms with Crippen molar-refractivity contribution in [1.29, 1.82) is 0 Å². The molecular weight excluding hydrogens is 337 g/mol. The molecule has 1 heterocycles. The van der Waals surface area contributed by atoms with Gasteiger partial charge in [0.2, 0.25) is 5.88 Å². The Balaban J connectivity index is 2.55. The lowest BCUT2D eigenvalue weighted by atomic mass is 10.0. The Morgan fingerprint density at radius 1 is 1.29 bits per heavy atom. The van der Waals surface area contributed by atoms with Crippen molar-refractivity contribution in [2.75, 3.05) is 7.11 Å². The van der Waals surface area contributed by atoms with E-state index in [0.717, 1.165) is 0 Å². The van der Waals surface area contributed by atoms with Gasteiger partial charge in [-0.2, -0.15) is 0 Å². The number of pyridine rings is 1. The minimum Gasteiger partial charge on any atom is -0.481 e. The SMILES string of the molecule is COc1ncc(-c2ccc(Cl)c(Cl)c2Cl)cc1CC(=O)O. The minimum absolute atomic E-state index is 0.205. The van der Waals surface area contributed by atoms with Crippen LogP contribution in [0.5, 0.6) is 5.88 Å². The Kier molecular flexibility index (Phi) is 4.93. The second-order valence-corrected chi connectivity index (χ2v) is 5.35. The van der Waals surface area contributed by atoms with Crippen LogP contribution in [0, 0.1) is 0 Å². The first-order valence-electron chi connectivity index (χ1n) is 5.82. The van der Waals surface area contributed by atoms with Gasteiger partial charge in [0.15, 0.2) is 0 Å². The van der Waals surface area contributed by atoms with Gasteiger partial charge in [-0.1, -0.05) is 40.9 Å². The second-order valence-electron chi connectivity index (χ2n) is 4.19. The lowest BCUT2D eigenvalue weighted by molar-refractivity contribution is -0.136. The van der Waals surface area contributed by atoms with Crippen LogP contribution in [0.3, 0.4) is 0 Å². The quantitative estimate of drug-likeness (QED) is 0.836. The molecule has 110 valence electrons. The molecule has 2 aromatic rings. The number of carbonyl (C=O) groups is 1. The normalized spacial score (nSPS) is 10.5. The lowest BCUT2D eigenvalue weighted by Crippen LogP contribution is -2.04. The van der Waals surface area contributed by atoms with E-state index in [1.165, 1.54) is 13.3 Å². The van der Waals surface area contributed by atoms with Gasteiger partial charge in [-0.25, -0.2) is 4.98 Å². The van der Waals surface area contributed by atoms with E-state index < -0.39 is 5.97 Å². The molecule has 0 bridgehead atoms. The number of halogens is 3. The summed E-state index contributed by atoms with van der Waals surface area (Å²) in [5.74, 6) is -0.718. The molecule has 7 heteroatoms. The Morgan fingerprint density at radius 3 is 2.62 bits per heavy atom. The van der Waals surface area contributed by atoms with Gasteiger partial charge in [0, 0.05) is 22.9 Å². The zero-order valence-corrected chi connectivity index (χ0v) is 13.1. The molecule has 21 heavy (non-hydrogen) atoms. The van der Waals surface area contributed by atoms with Gasteiger partial charge in [0.25, 0.3) is 0 Å². The monoisotopic (exact) mass is 345 g/mol. The average Bonchev–Trinajstić information content (AvgIpc) is 2.44. The molecule has 0 aliphatic carbocycles. The van der Waals surface area contributed by atoms with Gasteiger partial charge in [0.1, 0.15) is 0 Å². The van der Waals surface area contributed by atoms with E-state index in [4.69, 9.17) is 44.6 Å². The summed E-state index contributed by atoms with van der Waals surface area (Å²) in [5, 5.41) is 9.81. The highest BCUT2D eigenvalue weighted by Gasteiger charge is 2.15. The van der Waals surface area contributed by atoms with E-state index in [9.17, 15) is 4.79 Å². The van der Waals surface area contributed by atoms with E-state index in [2.05, 4.69) is 4.98 Å². The van der Waals surface area contributed by atoms with Crippen LogP contribution >= 0.6 is 34.8 Å². The van der Waals surface area contributed by atoms with E-state index in [1.807, 2.05) is 0 Å². The molecular formula is C14H10Cl3NO3. The Morgan fingerprint density at radius 2 is 2.00 bits per heavy atom. The molecule has 0 spiro atoms. The second kappa shape index (κ2) is 6.52. The molecule has 0 atom stereocenters. The van der Waals surface area contributed by atoms with Crippen LogP contribution in [0.4, 0.5) is 0 Å². The molecule has 0 radical (unpaired) electrons. The standard InChI is InChI=1S/C14H10Cl3NO3/c1-21-14-7(5-11(19)20)4-8(6-18-14)9-2-3-10(15)13(17)12(9)16/h2-4,6H,5H2,1H3,(H,19,20). The van der Waals surface area contributed by atoms with Gasteiger partial charge in [-0.15, -0.1) is 0 Å². The van der Waals surface area contributed by atoms with Gasteiger partial charge < -0.3 is 9.84 Å². The third-order valence-electron chi connectivity index (χ3n) is 2.81. The fourth-order valence-electron chi connectivity index (χ4n) is 1.87. The number of methoxy groups -OCH3 is 1. The summed E-state index contributed by atoms with van der Waals surface area (Å²) in [7, 11) is 1.43. The van der Waals surface area contributed by atoms with Crippen molar-refractivity contribution < 1.29 is 14.6 Å². The summed E-state index contributed by atoms with van der Waals surface area (Å²) in [6.07, 6.45) is 1.33. The van der Waals surface area contributed by atoms with Crippen LogP contribution in [-0.2, 0) is 11.2 Å². The number of aliphatic carboxylic acids is 1. The Labute approximate surface area is 136 Å². The summed E-state index contributed by atoms with van der Waals surface area (Å²) in [6, 6.07) is 4.97. The van der Waals surface area contributed by atoms with Crippen molar-refractivity contribution in [3.05, 3.63) is 45.0 Å². The molecule has 1 aromatic carbocycles. The molecule has 0 aliphatic rings. The molecule has 1 N–H and O–H groups in total. The van der Waals surface area contributed by atoms with Gasteiger partial charge in [-0.05, 0) is 12.1 Å². The molecule has 0 saturated carbocycles. The van der Waals surface area contributed by atoms with Crippen molar-refractivity contribution in [3.63, 3.8) is 0 Å². The van der Waals surface area contributed by atoms with Crippen LogP contribution in [-0.4, -0.2) is 23.2 Å². The van der Waals surface area contributed by atoms with E-state index in [-0.39, 0.29) is 22.3 Å². The average molecular weight is 347 g/mol. The molecule has 1 aromatic heterocycles. The lowest BCUT2D eigenvalue weighted by Gasteiger charge is -2.11. The van der Waals surface area contributed by atoms with Gasteiger partial charge in [-0.3, -0.25) is 4.79 Å². The van der Waals surface area contributed by atoms with Crippen LogP contribution < -0.4 is 4.74 Å². The molecule has 0 unspecified atom stereocenters. The van der Waals surface area contributed by atoms with Gasteiger partial charge >= 0.3 is 5.97 Å². The fourth-order valence-corrected chi connectivity index (χ4v) is 2.51. The van der Waals surface area contributed by atoms with Crippen LogP contribution in [0.15, 0.2) is 24.4 Å². The van der Waals surface area contributed by atoms with Crippen LogP contribution in [0.25, 0.3) is 11.1 Å². The summed E-state index contributed by atoms with van der Waals surface area (Å²) in [5.41, 5.74) is 1.70. The maximum atomic E-state index is 10.9. The van der Waals surface area contributed by atoms with Crippen LogP contribution in [0.1, 0.15) is 5.56 Å². The fraction of sp³-hybridized carbons (Fsp3) is 0.143. The third-order valence-corrected chi connectivity index (χ3v) is 4.10. The largest absolute Gasteiger partial charge is 0.481 e. The zero-order valence-electron chi connectivity index (χ0n) is 10.9. The highest BCUT2D eigenvalue weighted by molar-refractivity contribution is 6.49. The van der Waals surface area contributed by atoms with Crippen molar-refractivity contribution in [2.24, 2.45) is 0 Å². The number of aromatic nitrogens is 1. The maximum absolute atomic E-state index is 10.9. The Hall–Kier alpha value is -1.49. The number of benzene rings is 1.